The highest BCUT2D eigenvalue weighted by atomic mass is 16.5. The molecule has 1 fully saturated rings. The van der Waals surface area contributed by atoms with Gasteiger partial charge < -0.3 is 19.6 Å². The maximum Gasteiger partial charge on any atom is 0.123 e. The number of piperidine rings is 1. The topological polar surface area (TPSA) is 53.8 Å². The first-order valence-electron chi connectivity index (χ1n) is 10.4. The summed E-state index contributed by atoms with van der Waals surface area (Å²) in [7, 11) is 4.07. The first-order chi connectivity index (χ1) is 13.6. The first kappa shape index (κ1) is 20.8. The van der Waals surface area contributed by atoms with Crippen LogP contribution < -0.4 is 4.74 Å². The number of benzene rings is 1. The quantitative estimate of drug-likeness (QED) is 0.679. The molecule has 6 heteroatoms. The highest BCUT2D eigenvalue weighted by Crippen LogP contribution is 2.20. The molecule has 1 aliphatic heterocycles. The van der Waals surface area contributed by atoms with Crippen molar-refractivity contribution in [3.05, 3.63) is 47.8 Å². The Labute approximate surface area is 168 Å². The Balaban J connectivity index is 1.46. The number of aliphatic hydroxyl groups excluding tert-OH is 1. The van der Waals surface area contributed by atoms with Crippen LogP contribution in [0.2, 0.25) is 0 Å². The van der Waals surface area contributed by atoms with E-state index in [-0.39, 0.29) is 0 Å². The lowest BCUT2D eigenvalue weighted by Gasteiger charge is -2.28. The third kappa shape index (κ3) is 6.62. The smallest absolute Gasteiger partial charge is 0.123 e. The Kier molecular flexibility index (Phi) is 7.89. The van der Waals surface area contributed by atoms with E-state index in [9.17, 15) is 5.11 Å². The van der Waals surface area contributed by atoms with Gasteiger partial charge in [-0.25, -0.2) is 0 Å². The van der Waals surface area contributed by atoms with Crippen molar-refractivity contribution in [2.24, 2.45) is 7.05 Å². The van der Waals surface area contributed by atoms with Crippen molar-refractivity contribution in [1.29, 1.82) is 0 Å². The second-order valence-corrected chi connectivity index (χ2v) is 7.94. The van der Waals surface area contributed by atoms with Gasteiger partial charge in [0.15, 0.2) is 0 Å². The zero-order valence-electron chi connectivity index (χ0n) is 17.3. The average molecular weight is 387 g/mol. The van der Waals surface area contributed by atoms with E-state index < -0.39 is 6.10 Å². The number of likely N-dealkylation sites (N-methyl/N-ethyl adjacent to an activating group) is 1. The molecule has 3 rings (SSSR count). The molecule has 0 amide bonds. The zero-order valence-corrected chi connectivity index (χ0v) is 17.3. The normalized spacial score (nSPS) is 16.4. The molecular formula is C22H34N4O2. The Hall–Kier alpha value is -1.89. The van der Waals surface area contributed by atoms with Crippen LogP contribution in [0.15, 0.2) is 36.7 Å². The van der Waals surface area contributed by atoms with E-state index in [1.165, 1.54) is 24.8 Å². The third-order valence-electron chi connectivity index (χ3n) is 5.30. The summed E-state index contributed by atoms with van der Waals surface area (Å²) in [5.74, 6) is 0.869. The van der Waals surface area contributed by atoms with Gasteiger partial charge in [0.05, 0.1) is 6.20 Å². The predicted molar refractivity (Wildman–Crippen MR) is 111 cm³/mol. The lowest BCUT2D eigenvalue weighted by molar-refractivity contribution is 0.0612. The van der Waals surface area contributed by atoms with Gasteiger partial charge in [-0.15, -0.1) is 0 Å². The summed E-state index contributed by atoms with van der Waals surface area (Å²) in [6, 6.07) is 8.14. The first-order valence-corrected chi connectivity index (χ1v) is 10.4. The number of hydrogen-bond acceptors (Lipinski definition) is 5. The van der Waals surface area contributed by atoms with Gasteiger partial charge in [0.1, 0.15) is 18.5 Å². The molecule has 0 unspecified atom stereocenters. The van der Waals surface area contributed by atoms with E-state index in [0.717, 1.165) is 43.9 Å². The van der Waals surface area contributed by atoms with Crippen LogP contribution in [0, 0.1) is 0 Å². The van der Waals surface area contributed by atoms with Crippen LogP contribution in [0.4, 0.5) is 0 Å². The van der Waals surface area contributed by atoms with Crippen molar-refractivity contribution in [1.82, 2.24) is 19.6 Å². The Morgan fingerprint density at radius 2 is 2.00 bits per heavy atom. The van der Waals surface area contributed by atoms with E-state index in [1.54, 1.807) is 0 Å². The molecule has 1 aromatic heterocycles. The van der Waals surface area contributed by atoms with E-state index in [0.29, 0.717) is 13.2 Å². The summed E-state index contributed by atoms with van der Waals surface area (Å²) in [6.45, 7) is 5.00. The molecule has 0 spiro atoms. The molecule has 28 heavy (non-hydrogen) atoms. The number of hydrogen-bond donors (Lipinski definition) is 1. The third-order valence-corrected chi connectivity index (χ3v) is 5.30. The van der Waals surface area contributed by atoms with Crippen molar-refractivity contribution in [3.8, 4) is 5.75 Å². The largest absolute Gasteiger partial charge is 0.491 e. The maximum absolute atomic E-state index is 10.4. The standard InChI is InChI=1S/C22H34N4O2/c1-24(13-10-19-14-23-25(2)15-19)16-20-8-4-5-9-22(20)28-18-21(27)17-26-11-6-3-7-12-26/h4-5,8-9,14-15,21,27H,3,6-7,10-13,16-18H2,1-2H3/t21-/m0/s1. The minimum atomic E-state index is -0.450. The van der Waals surface area contributed by atoms with Gasteiger partial charge in [-0.3, -0.25) is 4.68 Å². The van der Waals surface area contributed by atoms with Crippen molar-refractivity contribution in [3.63, 3.8) is 0 Å². The molecule has 0 bridgehead atoms. The summed E-state index contributed by atoms with van der Waals surface area (Å²) in [5.41, 5.74) is 2.40. The highest BCUT2D eigenvalue weighted by Gasteiger charge is 2.16. The van der Waals surface area contributed by atoms with Crippen molar-refractivity contribution in [2.75, 3.05) is 39.8 Å². The molecule has 154 valence electrons. The van der Waals surface area contributed by atoms with Gasteiger partial charge in [0.2, 0.25) is 0 Å². The molecule has 2 aromatic rings. The summed E-state index contributed by atoms with van der Waals surface area (Å²) < 4.78 is 7.83. The van der Waals surface area contributed by atoms with Gasteiger partial charge in [0, 0.05) is 38.4 Å². The molecule has 2 heterocycles. The van der Waals surface area contributed by atoms with Crippen LogP contribution in [-0.2, 0) is 20.0 Å². The summed E-state index contributed by atoms with van der Waals surface area (Å²) in [4.78, 5) is 4.63. The number of nitrogens with zero attached hydrogens (tertiary/aromatic N) is 4. The molecule has 0 saturated carbocycles. The predicted octanol–water partition coefficient (Wildman–Crippen LogP) is 2.32. The van der Waals surface area contributed by atoms with Crippen LogP contribution in [0.1, 0.15) is 30.4 Å². The number of aromatic nitrogens is 2. The maximum atomic E-state index is 10.4. The van der Waals surface area contributed by atoms with Crippen LogP contribution in [0.25, 0.3) is 0 Å². The summed E-state index contributed by atoms with van der Waals surface area (Å²) in [6.07, 6.45) is 8.30. The van der Waals surface area contributed by atoms with Crippen LogP contribution >= 0.6 is 0 Å². The molecule has 1 N–H and O–H groups in total. The van der Waals surface area contributed by atoms with E-state index >= 15 is 0 Å². The van der Waals surface area contributed by atoms with Crippen molar-refractivity contribution < 1.29 is 9.84 Å². The van der Waals surface area contributed by atoms with Crippen molar-refractivity contribution >= 4 is 0 Å². The molecule has 1 aliphatic rings. The SMILES string of the molecule is CN(CCc1cnn(C)c1)Cc1ccccc1OC[C@@H](O)CN1CCCCC1. The number of aliphatic hydroxyl groups is 1. The van der Waals surface area contributed by atoms with Gasteiger partial charge >= 0.3 is 0 Å². The van der Waals surface area contributed by atoms with Crippen LogP contribution in [0.3, 0.4) is 0 Å². The minimum absolute atomic E-state index is 0.340. The Morgan fingerprint density at radius 1 is 1.21 bits per heavy atom. The van der Waals surface area contributed by atoms with Gasteiger partial charge in [-0.05, 0) is 51.0 Å². The number of ether oxygens (including phenoxy) is 1. The van der Waals surface area contributed by atoms with E-state index in [1.807, 2.05) is 36.1 Å². The molecular weight excluding hydrogens is 352 g/mol. The minimum Gasteiger partial charge on any atom is -0.491 e. The lowest BCUT2D eigenvalue weighted by atomic mass is 10.1. The fourth-order valence-corrected chi connectivity index (χ4v) is 3.74. The molecule has 0 aliphatic carbocycles. The van der Waals surface area contributed by atoms with Crippen LogP contribution in [-0.4, -0.2) is 70.6 Å². The second kappa shape index (κ2) is 10.6. The molecule has 1 aromatic carbocycles. The van der Waals surface area contributed by atoms with Gasteiger partial charge in [-0.2, -0.15) is 5.10 Å². The fraction of sp³-hybridized carbons (Fsp3) is 0.591. The van der Waals surface area contributed by atoms with Crippen LogP contribution in [0.5, 0.6) is 5.75 Å². The number of aryl methyl sites for hydroxylation is 1. The Morgan fingerprint density at radius 3 is 2.75 bits per heavy atom. The molecule has 1 saturated heterocycles. The lowest BCUT2D eigenvalue weighted by Crippen LogP contribution is -2.38. The number of β-amino-alcohol motifs (C(OH)–C–C–N with tert-alkyl or cyclic N) is 1. The Bertz CT molecular complexity index is 712. The number of rotatable bonds is 10. The summed E-state index contributed by atoms with van der Waals surface area (Å²) >= 11 is 0. The zero-order chi connectivity index (χ0) is 19.8. The highest BCUT2D eigenvalue weighted by molar-refractivity contribution is 5.33. The molecule has 6 nitrogen and oxygen atoms in total. The van der Waals surface area contributed by atoms with Crippen molar-refractivity contribution in [2.45, 2.75) is 38.3 Å². The summed E-state index contributed by atoms with van der Waals surface area (Å²) in [5, 5.41) is 14.6. The van der Waals surface area contributed by atoms with Gasteiger partial charge in [0.25, 0.3) is 0 Å². The molecule has 1 atom stereocenters. The fourth-order valence-electron chi connectivity index (χ4n) is 3.74. The van der Waals surface area contributed by atoms with E-state index in [2.05, 4.69) is 34.2 Å². The molecule has 0 radical (unpaired) electrons. The number of likely N-dealkylation sites (tertiary alicyclic amines) is 1. The second-order valence-electron chi connectivity index (χ2n) is 7.94. The van der Waals surface area contributed by atoms with Gasteiger partial charge in [-0.1, -0.05) is 24.6 Å². The van der Waals surface area contributed by atoms with E-state index in [4.69, 9.17) is 4.74 Å². The average Bonchev–Trinajstić information content (AvgIpc) is 3.12. The monoisotopic (exact) mass is 386 g/mol. The number of para-hydroxylation sites is 1.